The summed E-state index contributed by atoms with van der Waals surface area (Å²) >= 11 is 5.99. The Bertz CT molecular complexity index is 345. The van der Waals surface area contributed by atoms with Gasteiger partial charge in [-0.2, -0.15) is 0 Å². The number of hydrogen-bond donors (Lipinski definition) is 2. The molecule has 0 aliphatic heterocycles. The molecular formula is C11H15ClO2. The van der Waals surface area contributed by atoms with Crippen molar-refractivity contribution in [1.29, 1.82) is 0 Å². The Morgan fingerprint density at radius 1 is 1.36 bits per heavy atom. The number of hydrogen-bond acceptors (Lipinski definition) is 2. The van der Waals surface area contributed by atoms with Crippen LogP contribution >= 0.6 is 11.6 Å². The molecule has 1 aromatic rings. The van der Waals surface area contributed by atoms with Crippen molar-refractivity contribution in [3.8, 4) is 5.75 Å². The number of aryl methyl sites for hydroxylation is 1. The minimum Gasteiger partial charge on any atom is -0.507 e. The number of benzene rings is 1. The third kappa shape index (κ3) is 1.86. The van der Waals surface area contributed by atoms with Gasteiger partial charge in [-0.05, 0) is 18.6 Å². The molecule has 0 fully saturated rings. The smallest absolute Gasteiger partial charge is 0.123 e. The van der Waals surface area contributed by atoms with Crippen molar-refractivity contribution in [2.75, 3.05) is 6.61 Å². The van der Waals surface area contributed by atoms with E-state index in [1.165, 1.54) is 0 Å². The van der Waals surface area contributed by atoms with Crippen LogP contribution in [0.15, 0.2) is 12.1 Å². The Kier molecular flexibility index (Phi) is 3.07. The van der Waals surface area contributed by atoms with Gasteiger partial charge in [-0.15, -0.1) is 0 Å². The highest BCUT2D eigenvalue weighted by Crippen LogP contribution is 2.38. The normalized spacial score (nSPS) is 11.8. The first-order chi connectivity index (χ1) is 6.40. The molecule has 0 aliphatic carbocycles. The summed E-state index contributed by atoms with van der Waals surface area (Å²) in [5, 5.41) is 19.6. The SMILES string of the molecule is Cc1ccc(Cl)c(C(C)(C)CO)c1O. The van der Waals surface area contributed by atoms with Gasteiger partial charge in [0.1, 0.15) is 5.75 Å². The average molecular weight is 215 g/mol. The summed E-state index contributed by atoms with van der Waals surface area (Å²) in [4.78, 5) is 0. The Hall–Kier alpha value is -0.730. The number of aliphatic hydroxyl groups excluding tert-OH is 1. The van der Waals surface area contributed by atoms with Crippen LogP contribution in [0.4, 0.5) is 0 Å². The quantitative estimate of drug-likeness (QED) is 0.795. The van der Waals surface area contributed by atoms with Gasteiger partial charge in [0, 0.05) is 16.0 Å². The number of phenols is 1. The topological polar surface area (TPSA) is 40.5 Å². The molecule has 1 rings (SSSR count). The van der Waals surface area contributed by atoms with E-state index in [1.807, 2.05) is 20.8 Å². The molecule has 0 bridgehead atoms. The van der Waals surface area contributed by atoms with Crippen LogP contribution in [-0.4, -0.2) is 16.8 Å². The summed E-state index contributed by atoms with van der Waals surface area (Å²) in [6.45, 7) is 5.44. The third-order valence-corrected chi connectivity index (χ3v) is 2.72. The molecule has 2 N–H and O–H groups in total. The van der Waals surface area contributed by atoms with E-state index in [4.69, 9.17) is 11.6 Å². The highest BCUT2D eigenvalue weighted by Gasteiger charge is 2.26. The maximum absolute atomic E-state index is 9.85. The first-order valence-electron chi connectivity index (χ1n) is 4.49. The Balaban J connectivity index is 3.40. The third-order valence-electron chi connectivity index (χ3n) is 2.40. The molecule has 0 aliphatic rings. The van der Waals surface area contributed by atoms with Crippen LogP contribution in [0, 0.1) is 6.92 Å². The summed E-state index contributed by atoms with van der Waals surface area (Å²) in [6, 6.07) is 3.50. The van der Waals surface area contributed by atoms with Gasteiger partial charge in [0.25, 0.3) is 0 Å². The number of rotatable bonds is 2. The minimum absolute atomic E-state index is 0.0519. The van der Waals surface area contributed by atoms with Gasteiger partial charge in [-0.3, -0.25) is 0 Å². The van der Waals surface area contributed by atoms with Crippen LogP contribution in [0.1, 0.15) is 25.0 Å². The summed E-state index contributed by atoms with van der Waals surface area (Å²) < 4.78 is 0. The van der Waals surface area contributed by atoms with Gasteiger partial charge >= 0.3 is 0 Å². The van der Waals surface area contributed by atoms with E-state index in [0.29, 0.717) is 10.6 Å². The second kappa shape index (κ2) is 3.79. The number of aliphatic hydroxyl groups is 1. The van der Waals surface area contributed by atoms with Crippen LogP contribution in [0.3, 0.4) is 0 Å². The lowest BCUT2D eigenvalue weighted by Gasteiger charge is -2.25. The fraction of sp³-hybridized carbons (Fsp3) is 0.455. The van der Waals surface area contributed by atoms with E-state index < -0.39 is 5.41 Å². The van der Waals surface area contributed by atoms with Crippen LogP contribution in [0.5, 0.6) is 5.75 Å². The van der Waals surface area contributed by atoms with Crippen LogP contribution in [-0.2, 0) is 5.41 Å². The van der Waals surface area contributed by atoms with E-state index >= 15 is 0 Å². The van der Waals surface area contributed by atoms with Crippen molar-refractivity contribution < 1.29 is 10.2 Å². The Morgan fingerprint density at radius 3 is 2.43 bits per heavy atom. The summed E-state index contributed by atoms with van der Waals surface area (Å²) in [5.41, 5.74) is 0.861. The summed E-state index contributed by atoms with van der Waals surface area (Å²) in [5.74, 6) is 0.177. The first-order valence-corrected chi connectivity index (χ1v) is 4.87. The summed E-state index contributed by atoms with van der Waals surface area (Å²) in [6.07, 6.45) is 0. The monoisotopic (exact) mass is 214 g/mol. The zero-order chi connectivity index (χ0) is 10.9. The molecule has 0 heterocycles. The molecule has 0 atom stereocenters. The molecule has 0 spiro atoms. The summed E-state index contributed by atoms with van der Waals surface area (Å²) in [7, 11) is 0. The predicted octanol–water partition coefficient (Wildman–Crippen LogP) is 2.62. The molecule has 0 amide bonds. The van der Waals surface area contributed by atoms with Crippen molar-refractivity contribution in [2.45, 2.75) is 26.2 Å². The van der Waals surface area contributed by atoms with Crippen LogP contribution in [0.25, 0.3) is 0 Å². The molecular weight excluding hydrogens is 200 g/mol. The highest BCUT2D eigenvalue weighted by molar-refractivity contribution is 6.31. The maximum atomic E-state index is 9.85. The maximum Gasteiger partial charge on any atom is 0.123 e. The largest absolute Gasteiger partial charge is 0.507 e. The van der Waals surface area contributed by atoms with Crippen LogP contribution in [0.2, 0.25) is 5.02 Å². The molecule has 78 valence electrons. The average Bonchev–Trinajstić information content (AvgIpc) is 2.12. The Labute approximate surface area is 89.1 Å². The van der Waals surface area contributed by atoms with Crippen molar-refractivity contribution in [3.63, 3.8) is 0 Å². The van der Waals surface area contributed by atoms with Crippen molar-refractivity contribution in [2.24, 2.45) is 0 Å². The molecule has 0 saturated carbocycles. The van der Waals surface area contributed by atoms with Gasteiger partial charge in [-0.1, -0.05) is 31.5 Å². The first kappa shape index (κ1) is 11.3. The van der Waals surface area contributed by atoms with E-state index in [1.54, 1.807) is 12.1 Å². The second-order valence-corrected chi connectivity index (χ2v) is 4.54. The predicted molar refractivity (Wildman–Crippen MR) is 58.0 cm³/mol. The second-order valence-electron chi connectivity index (χ2n) is 4.13. The lowest BCUT2D eigenvalue weighted by atomic mass is 9.84. The van der Waals surface area contributed by atoms with E-state index in [-0.39, 0.29) is 12.4 Å². The van der Waals surface area contributed by atoms with Gasteiger partial charge in [0.05, 0.1) is 6.61 Å². The number of aromatic hydroxyl groups is 1. The molecule has 3 heteroatoms. The van der Waals surface area contributed by atoms with Crippen LogP contribution < -0.4 is 0 Å². The number of halogens is 1. The van der Waals surface area contributed by atoms with Crippen molar-refractivity contribution in [3.05, 3.63) is 28.3 Å². The Morgan fingerprint density at radius 2 is 1.93 bits per heavy atom. The fourth-order valence-corrected chi connectivity index (χ4v) is 1.80. The fourth-order valence-electron chi connectivity index (χ4n) is 1.39. The lowest BCUT2D eigenvalue weighted by molar-refractivity contribution is 0.215. The molecule has 14 heavy (non-hydrogen) atoms. The standard InChI is InChI=1S/C11H15ClO2/c1-7-4-5-8(12)9(10(7)14)11(2,3)6-13/h4-5,13-14H,6H2,1-3H3. The minimum atomic E-state index is -0.521. The molecule has 0 unspecified atom stereocenters. The van der Waals surface area contributed by atoms with Gasteiger partial charge in [0.15, 0.2) is 0 Å². The van der Waals surface area contributed by atoms with Gasteiger partial charge in [-0.25, -0.2) is 0 Å². The van der Waals surface area contributed by atoms with E-state index in [9.17, 15) is 10.2 Å². The molecule has 1 aromatic carbocycles. The van der Waals surface area contributed by atoms with Crippen molar-refractivity contribution >= 4 is 11.6 Å². The molecule has 0 saturated heterocycles. The highest BCUT2D eigenvalue weighted by atomic mass is 35.5. The lowest BCUT2D eigenvalue weighted by Crippen LogP contribution is -2.22. The molecule has 0 radical (unpaired) electrons. The molecule has 2 nitrogen and oxygen atoms in total. The van der Waals surface area contributed by atoms with Gasteiger partial charge in [0.2, 0.25) is 0 Å². The zero-order valence-electron chi connectivity index (χ0n) is 8.63. The van der Waals surface area contributed by atoms with Gasteiger partial charge < -0.3 is 10.2 Å². The number of phenolic OH excluding ortho intramolecular Hbond substituents is 1. The molecule has 0 aromatic heterocycles. The van der Waals surface area contributed by atoms with E-state index in [0.717, 1.165) is 5.56 Å². The van der Waals surface area contributed by atoms with E-state index in [2.05, 4.69) is 0 Å². The van der Waals surface area contributed by atoms with Crippen molar-refractivity contribution in [1.82, 2.24) is 0 Å². The zero-order valence-corrected chi connectivity index (χ0v) is 9.39.